The standard InChI is InChI=1S/C11H10N2O3/c14-7-3-1-4-8(15)9(7)10(16)11-12-5-2-6-13-11/h2,5-6,9H,1,3-4H2. The van der Waals surface area contributed by atoms with Gasteiger partial charge in [0.15, 0.2) is 17.4 Å². The van der Waals surface area contributed by atoms with Crippen molar-refractivity contribution >= 4 is 17.3 Å². The molecule has 2 rings (SSSR count). The molecule has 1 aromatic rings. The van der Waals surface area contributed by atoms with Crippen molar-refractivity contribution in [2.75, 3.05) is 0 Å². The van der Waals surface area contributed by atoms with Crippen molar-refractivity contribution < 1.29 is 14.4 Å². The molecule has 1 aromatic heterocycles. The molecule has 1 saturated carbocycles. The zero-order valence-electron chi connectivity index (χ0n) is 8.55. The third-order valence-corrected chi connectivity index (χ3v) is 2.54. The number of Topliss-reactive ketones (excluding diaryl/α,β-unsaturated/α-hetero) is 3. The predicted molar refractivity (Wildman–Crippen MR) is 53.7 cm³/mol. The van der Waals surface area contributed by atoms with Gasteiger partial charge in [-0.3, -0.25) is 14.4 Å². The third kappa shape index (κ3) is 1.88. The first kappa shape index (κ1) is 10.6. The topological polar surface area (TPSA) is 77.0 Å². The van der Waals surface area contributed by atoms with Gasteiger partial charge >= 0.3 is 0 Å². The molecule has 0 radical (unpaired) electrons. The van der Waals surface area contributed by atoms with E-state index in [-0.39, 0.29) is 30.2 Å². The van der Waals surface area contributed by atoms with E-state index in [0.717, 1.165) is 0 Å². The Kier molecular flexibility index (Phi) is 2.85. The number of ketones is 3. The zero-order valence-corrected chi connectivity index (χ0v) is 8.55. The van der Waals surface area contributed by atoms with Crippen LogP contribution < -0.4 is 0 Å². The van der Waals surface area contributed by atoms with Gasteiger partial charge in [-0.2, -0.15) is 0 Å². The number of aromatic nitrogens is 2. The van der Waals surface area contributed by atoms with Gasteiger partial charge < -0.3 is 0 Å². The minimum atomic E-state index is -1.17. The smallest absolute Gasteiger partial charge is 0.217 e. The Morgan fingerprint density at radius 1 is 1.12 bits per heavy atom. The van der Waals surface area contributed by atoms with Crippen LogP contribution in [0.15, 0.2) is 18.5 Å². The van der Waals surface area contributed by atoms with Gasteiger partial charge in [-0.05, 0) is 12.5 Å². The van der Waals surface area contributed by atoms with Crippen molar-refractivity contribution in [3.63, 3.8) is 0 Å². The minimum absolute atomic E-state index is 0.0592. The summed E-state index contributed by atoms with van der Waals surface area (Å²) in [6.45, 7) is 0. The summed E-state index contributed by atoms with van der Waals surface area (Å²) < 4.78 is 0. The maximum absolute atomic E-state index is 11.9. The van der Waals surface area contributed by atoms with E-state index in [4.69, 9.17) is 0 Å². The lowest BCUT2D eigenvalue weighted by Crippen LogP contribution is -2.36. The van der Waals surface area contributed by atoms with Crippen LogP contribution in [0.1, 0.15) is 29.9 Å². The van der Waals surface area contributed by atoms with Crippen molar-refractivity contribution in [2.45, 2.75) is 19.3 Å². The summed E-state index contributed by atoms with van der Waals surface area (Å²) in [5.74, 6) is -2.43. The van der Waals surface area contributed by atoms with E-state index in [1.807, 2.05) is 0 Å². The Balaban J connectivity index is 2.27. The summed E-state index contributed by atoms with van der Waals surface area (Å²) >= 11 is 0. The Morgan fingerprint density at radius 2 is 1.69 bits per heavy atom. The average molecular weight is 218 g/mol. The van der Waals surface area contributed by atoms with Crippen molar-refractivity contribution in [1.29, 1.82) is 0 Å². The molecule has 0 N–H and O–H groups in total. The lowest BCUT2D eigenvalue weighted by molar-refractivity contribution is -0.133. The SMILES string of the molecule is O=C1CCCC(=O)C1C(=O)c1ncccn1. The summed E-state index contributed by atoms with van der Waals surface area (Å²) in [6, 6.07) is 1.57. The van der Waals surface area contributed by atoms with Gasteiger partial charge in [0.05, 0.1) is 0 Å². The second-order valence-corrected chi connectivity index (χ2v) is 3.66. The van der Waals surface area contributed by atoms with Gasteiger partial charge in [0.25, 0.3) is 0 Å². The van der Waals surface area contributed by atoms with Crippen molar-refractivity contribution in [3.05, 3.63) is 24.3 Å². The summed E-state index contributed by atoms with van der Waals surface area (Å²) in [4.78, 5) is 42.4. The first-order valence-corrected chi connectivity index (χ1v) is 5.07. The largest absolute Gasteiger partial charge is 0.298 e. The van der Waals surface area contributed by atoms with Crippen LogP contribution >= 0.6 is 0 Å². The van der Waals surface area contributed by atoms with E-state index in [0.29, 0.717) is 6.42 Å². The first-order valence-electron chi connectivity index (χ1n) is 5.07. The van der Waals surface area contributed by atoms with Crippen molar-refractivity contribution in [1.82, 2.24) is 9.97 Å². The molecule has 0 unspecified atom stereocenters. The Labute approximate surface area is 91.9 Å². The summed E-state index contributed by atoms with van der Waals surface area (Å²) in [5, 5.41) is 0. The quantitative estimate of drug-likeness (QED) is 0.536. The van der Waals surface area contributed by atoms with Crippen LogP contribution in [0.2, 0.25) is 0 Å². The lowest BCUT2D eigenvalue weighted by atomic mass is 9.83. The number of carbonyl (C=O) groups is 3. The van der Waals surface area contributed by atoms with Crippen LogP contribution in [0.3, 0.4) is 0 Å². The van der Waals surface area contributed by atoms with Crippen LogP contribution in [-0.4, -0.2) is 27.3 Å². The van der Waals surface area contributed by atoms with Crippen LogP contribution in [0, 0.1) is 5.92 Å². The summed E-state index contributed by atoms with van der Waals surface area (Å²) in [6.07, 6.45) is 3.94. The van der Waals surface area contributed by atoms with Crippen LogP contribution in [-0.2, 0) is 9.59 Å². The number of rotatable bonds is 2. The van der Waals surface area contributed by atoms with Gasteiger partial charge in [-0.1, -0.05) is 0 Å². The Bertz CT molecular complexity index is 426. The fourth-order valence-corrected chi connectivity index (χ4v) is 1.75. The molecule has 0 saturated heterocycles. The van der Waals surface area contributed by atoms with E-state index in [2.05, 4.69) is 9.97 Å². The highest BCUT2D eigenvalue weighted by Gasteiger charge is 2.37. The predicted octanol–water partition coefficient (Wildman–Crippen LogP) is 0.598. The molecule has 5 heteroatoms. The van der Waals surface area contributed by atoms with Gasteiger partial charge in [-0.15, -0.1) is 0 Å². The highest BCUT2D eigenvalue weighted by molar-refractivity contribution is 6.24. The highest BCUT2D eigenvalue weighted by atomic mass is 16.2. The maximum Gasteiger partial charge on any atom is 0.217 e. The van der Waals surface area contributed by atoms with E-state index >= 15 is 0 Å². The fourth-order valence-electron chi connectivity index (χ4n) is 1.75. The molecule has 0 amide bonds. The lowest BCUT2D eigenvalue weighted by Gasteiger charge is -2.16. The second kappa shape index (κ2) is 4.30. The molecule has 0 spiro atoms. The molecule has 5 nitrogen and oxygen atoms in total. The first-order chi connectivity index (χ1) is 7.70. The molecule has 1 aliphatic carbocycles. The fraction of sp³-hybridized carbons (Fsp3) is 0.364. The summed E-state index contributed by atoms with van der Waals surface area (Å²) in [7, 11) is 0. The average Bonchev–Trinajstić information content (AvgIpc) is 2.30. The van der Waals surface area contributed by atoms with Gasteiger partial charge in [0.1, 0.15) is 5.92 Å². The molecule has 1 fully saturated rings. The van der Waals surface area contributed by atoms with Gasteiger partial charge in [0.2, 0.25) is 5.78 Å². The molecule has 16 heavy (non-hydrogen) atoms. The molecule has 0 bridgehead atoms. The van der Waals surface area contributed by atoms with Gasteiger partial charge in [-0.25, -0.2) is 9.97 Å². The molecule has 1 heterocycles. The summed E-state index contributed by atoms with van der Waals surface area (Å²) in [5.41, 5.74) is 0. The Morgan fingerprint density at radius 3 is 2.25 bits per heavy atom. The van der Waals surface area contributed by atoms with E-state index in [9.17, 15) is 14.4 Å². The normalized spacial score (nSPS) is 17.5. The molecular formula is C11H10N2O3. The number of carbonyl (C=O) groups excluding carboxylic acids is 3. The molecule has 0 aromatic carbocycles. The molecule has 0 atom stereocenters. The number of nitrogens with zero attached hydrogens (tertiary/aromatic N) is 2. The zero-order chi connectivity index (χ0) is 11.5. The monoisotopic (exact) mass is 218 g/mol. The minimum Gasteiger partial charge on any atom is -0.298 e. The molecule has 0 aliphatic heterocycles. The van der Waals surface area contributed by atoms with Crippen molar-refractivity contribution in [2.24, 2.45) is 5.92 Å². The number of hydrogen-bond donors (Lipinski definition) is 0. The van der Waals surface area contributed by atoms with Gasteiger partial charge in [0, 0.05) is 25.2 Å². The Hall–Kier alpha value is -1.91. The van der Waals surface area contributed by atoms with Crippen LogP contribution in [0.25, 0.3) is 0 Å². The third-order valence-electron chi connectivity index (χ3n) is 2.54. The molecular weight excluding hydrogens is 208 g/mol. The second-order valence-electron chi connectivity index (χ2n) is 3.66. The molecule has 1 aliphatic rings. The highest BCUT2D eigenvalue weighted by Crippen LogP contribution is 2.20. The van der Waals surface area contributed by atoms with E-state index in [1.54, 1.807) is 6.07 Å². The molecule has 82 valence electrons. The maximum atomic E-state index is 11.9. The van der Waals surface area contributed by atoms with Crippen molar-refractivity contribution in [3.8, 4) is 0 Å². The van der Waals surface area contributed by atoms with Crippen LogP contribution in [0.4, 0.5) is 0 Å². The van der Waals surface area contributed by atoms with E-state index < -0.39 is 11.7 Å². The van der Waals surface area contributed by atoms with Crippen LogP contribution in [0.5, 0.6) is 0 Å². The van der Waals surface area contributed by atoms with E-state index in [1.165, 1.54) is 12.4 Å². The number of hydrogen-bond acceptors (Lipinski definition) is 5.